The summed E-state index contributed by atoms with van der Waals surface area (Å²) in [5.74, 6) is 0.454. The molecule has 0 fully saturated rings. The smallest absolute Gasteiger partial charge is 0.0649 e. The van der Waals surface area contributed by atoms with Crippen molar-refractivity contribution in [1.82, 2.24) is 0 Å². The van der Waals surface area contributed by atoms with Gasteiger partial charge in [-0.3, -0.25) is 0 Å². The second kappa shape index (κ2) is 3.17. The summed E-state index contributed by atoms with van der Waals surface area (Å²) in [7, 11) is 1.74. The molecule has 58 valence electrons. The SMILES string of the molecule is COC1CC=CC(N)C1C. The maximum absolute atomic E-state index is 5.78. The second-order valence-corrected chi connectivity index (χ2v) is 2.87. The van der Waals surface area contributed by atoms with Gasteiger partial charge in [-0.05, 0) is 6.42 Å². The van der Waals surface area contributed by atoms with E-state index < -0.39 is 0 Å². The van der Waals surface area contributed by atoms with Gasteiger partial charge in [0.1, 0.15) is 0 Å². The molecule has 1 rings (SSSR count). The van der Waals surface area contributed by atoms with E-state index in [1.807, 2.05) is 0 Å². The van der Waals surface area contributed by atoms with Crippen LogP contribution in [-0.2, 0) is 4.74 Å². The number of nitrogens with two attached hydrogens (primary N) is 1. The summed E-state index contributed by atoms with van der Waals surface area (Å²) in [5.41, 5.74) is 5.78. The average molecular weight is 141 g/mol. The fourth-order valence-corrected chi connectivity index (χ4v) is 1.32. The third kappa shape index (κ3) is 1.39. The highest BCUT2D eigenvalue weighted by atomic mass is 16.5. The first-order chi connectivity index (χ1) is 4.75. The van der Waals surface area contributed by atoms with E-state index in [4.69, 9.17) is 10.5 Å². The van der Waals surface area contributed by atoms with E-state index in [2.05, 4.69) is 19.1 Å². The zero-order valence-electron chi connectivity index (χ0n) is 6.58. The quantitative estimate of drug-likeness (QED) is 0.551. The van der Waals surface area contributed by atoms with Gasteiger partial charge >= 0.3 is 0 Å². The molecule has 0 amide bonds. The van der Waals surface area contributed by atoms with Crippen LogP contribution in [0.4, 0.5) is 0 Å². The van der Waals surface area contributed by atoms with Gasteiger partial charge in [-0.1, -0.05) is 19.1 Å². The van der Waals surface area contributed by atoms with E-state index in [1.54, 1.807) is 7.11 Å². The Morgan fingerprint density at radius 1 is 1.60 bits per heavy atom. The van der Waals surface area contributed by atoms with Crippen LogP contribution in [0.1, 0.15) is 13.3 Å². The molecule has 2 heteroatoms. The molecule has 0 heterocycles. The Bertz CT molecular complexity index is 133. The van der Waals surface area contributed by atoms with Gasteiger partial charge in [-0.2, -0.15) is 0 Å². The molecule has 0 saturated heterocycles. The van der Waals surface area contributed by atoms with Crippen LogP contribution in [0.3, 0.4) is 0 Å². The predicted molar refractivity (Wildman–Crippen MR) is 41.7 cm³/mol. The van der Waals surface area contributed by atoms with Gasteiger partial charge in [0.2, 0.25) is 0 Å². The van der Waals surface area contributed by atoms with Crippen LogP contribution in [-0.4, -0.2) is 19.3 Å². The van der Waals surface area contributed by atoms with Crippen LogP contribution in [0.5, 0.6) is 0 Å². The minimum Gasteiger partial charge on any atom is -0.381 e. The van der Waals surface area contributed by atoms with E-state index in [0.29, 0.717) is 12.0 Å². The Balaban J connectivity index is 2.56. The number of hydrogen-bond acceptors (Lipinski definition) is 2. The van der Waals surface area contributed by atoms with E-state index in [0.717, 1.165) is 6.42 Å². The molecule has 0 aliphatic heterocycles. The molecule has 1 aliphatic rings. The molecule has 0 aromatic heterocycles. The number of rotatable bonds is 1. The molecule has 0 radical (unpaired) electrons. The first-order valence-electron chi connectivity index (χ1n) is 3.70. The molecule has 0 bridgehead atoms. The summed E-state index contributed by atoms with van der Waals surface area (Å²) in [6.07, 6.45) is 5.48. The lowest BCUT2D eigenvalue weighted by atomic mass is 9.89. The van der Waals surface area contributed by atoms with Crippen molar-refractivity contribution >= 4 is 0 Å². The van der Waals surface area contributed by atoms with Gasteiger partial charge in [0.05, 0.1) is 6.10 Å². The van der Waals surface area contributed by atoms with Crippen LogP contribution >= 0.6 is 0 Å². The second-order valence-electron chi connectivity index (χ2n) is 2.87. The van der Waals surface area contributed by atoms with Gasteiger partial charge < -0.3 is 10.5 Å². The third-order valence-electron chi connectivity index (χ3n) is 2.22. The van der Waals surface area contributed by atoms with Gasteiger partial charge in [0.15, 0.2) is 0 Å². The average Bonchev–Trinajstić information content (AvgIpc) is 1.95. The zero-order valence-corrected chi connectivity index (χ0v) is 6.58. The lowest BCUT2D eigenvalue weighted by molar-refractivity contribution is 0.0520. The first-order valence-corrected chi connectivity index (χ1v) is 3.70. The summed E-state index contributed by atoms with van der Waals surface area (Å²) in [5, 5.41) is 0. The minimum absolute atomic E-state index is 0.179. The Labute approximate surface area is 62.1 Å². The van der Waals surface area contributed by atoms with Crippen molar-refractivity contribution in [2.75, 3.05) is 7.11 Å². The van der Waals surface area contributed by atoms with Crippen molar-refractivity contribution in [2.45, 2.75) is 25.5 Å². The van der Waals surface area contributed by atoms with Crippen molar-refractivity contribution in [3.63, 3.8) is 0 Å². The number of methoxy groups -OCH3 is 1. The van der Waals surface area contributed by atoms with E-state index in [1.165, 1.54) is 0 Å². The largest absolute Gasteiger partial charge is 0.381 e. The summed E-state index contributed by atoms with van der Waals surface area (Å²) < 4.78 is 5.24. The standard InChI is InChI=1S/C8H15NO/c1-6-7(9)4-3-5-8(6)10-2/h3-4,6-8H,5,9H2,1-2H3. The molecule has 0 spiro atoms. The normalized spacial score (nSPS) is 40.1. The summed E-state index contributed by atoms with van der Waals surface area (Å²) in [6, 6.07) is 0.179. The van der Waals surface area contributed by atoms with Crippen molar-refractivity contribution in [1.29, 1.82) is 0 Å². The molecule has 0 saturated carbocycles. The maximum atomic E-state index is 5.78. The van der Waals surface area contributed by atoms with Crippen LogP contribution < -0.4 is 5.73 Å². The predicted octanol–water partition coefficient (Wildman–Crippen LogP) is 0.925. The molecular weight excluding hydrogens is 126 g/mol. The molecule has 10 heavy (non-hydrogen) atoms. The summed E-state index contributed by atoms with van der Waals surface area (Å²) in [4.78, 5) is 0. The van der Waals surface area contributed by atoms with E-state index >= 15 is 0 Å². The van der Waals surface area contributed by atoms with E-state index in [9.17, 15) is 0 Å². The molecule has 1 aliphatic carbocycles. The van der Waals surface area contributed by atoms with E-state index in [-0.39, 0.29) is 6.04 Å². The van der Waals surface area contributed by atoms with Crippen LogP contribution in [0.2, 0.25) is 0 Å². The molecule has 3 unspecified atom stereocenters. The lowest BCUT2D eigenvalue weighted by Gasteiger charge is -2.28. The van der Waals surface area contributed by atoms with Crippen molar-refractivity contribution in [3.05, 3.63) is 12.2 Å². The molecule has 0 aromatic carbocycles. The molecule has 2 nitrogen and oxygen atoms in total. The maximum Gasteiger partial charge on any atom is 0.0649 e. The van der Waals surface area contributed by atoms with Gasteiger partial charge in [-0.25, -0.2) is 0 Å². The van der Waals surface area contributed by atoms with Crippen molar-refractivity contribution in [2.24, 2.45) is 11.7 Å². The Morgan fingerprint density at radius 2 is 2.30 bits per heavy atom. The minimum atomic E-state index is 0.179. The third-order valence-corrected chi connectivity index (χ3v) is 2.22. The number of ether oxygens (including phenoxy) is 1. The Morgan fingerprint density at radius 3 is 2.80 bits per heavy atom. The molecule has 0 aromatic rings. The Kier molecular flexibility index (Phi) is 2.46. The topological polar surface area (TPSA) is 35.2 Å². The molecule has 3 atom stereocenters. The number of hydrogen-bond donors (Lipinski definition) is 1. The zero-order chi connectivity index (χ0) is 7.56. The van der Waals surface area contributed by atoms with Crippen LogP contribution in [0.15, 0.2) is 12.2 Å². The van der Waals surface area contributed by atoms with Gasteiger partial charge in [0.25, 0.3) is 0 Å². The van der Waals surface area contributed by atoms with Crippen molar-refractivity contribution in [3.8, 4) is 0 Å². The highest BCUT2D eigenvalue weighted by Crippen LogP contribution is 2.19. The Hall–Kier alpha value is -0.340. The molecule has 2 N–H and O–H groups in total. The van der Waals surface area contributed by atoms with Crippen molar-refractivity contribution < 1.29 is 4.74 Å². The fourth-order valence-electron chi connectivity index (χ4n) is 1.32. The van der Waals surface area contributed by atoms with Crippen LogP contribution in [0.25, 0.3) is 0 Å². The fraction of sp³-hybridized carbons (Fsp3) is 0.750. The highest BCUT2D eigenvalue weighted by molar-refractivity contribution is 5.02. The van der Waals surface area contributed by atoms with Crippen LogP contribution in [0, 0.1) is 5.92 Å². The monoisotopic (exact) mass is 141 g/mol. The summed E-state index contributed by atoms with van der Waals surface area (Å²) in [6.45, 7) is 2.13. The summed E-state index contributed by atoms with van der Waals surface area (Å²) >= 11 is 0. The van der Waals surface area contributed by atoms with Gasteiger partial charge in [-0.15, -0.1) is 0 Å². The molecular formula is C8H15NO. The lowest BCUT2D eigenvalue weighted by Crippen LogP contribution is -2.37. The first kappa shape index (κ1) is 7.76. The highest BCUT2D eigenvalue weighted by Gasteiger charge is 2.23. The van der Waals surface area contributed by atoms with Gasteiger partial charge in [0, 0.05) is 19.1 Å².